The highest BCUT2D eigenvalue weighted by Gasteiger charge is 2.16. The Kier molecular flexibility index (Phi) is 4.55. The first-order valence-electron chi connectivity index (χ1n) is 5.42. The molecule has 2 rings (SSSR count). The predicted molar refractivity (Wildman–Crippen MR) is 80.9 cm³/mol. The quantitative estimate of drug-likeness (QED) is 0.792. The van der Waals surface area contributed by atoms with Gasteiger partial charge in [0, 0.05) is 10.2 Å². The topological polar surface area (TPSA) is 29.1 Å². The van der Waals surface area contributed by atoms with Gasteiger partial charge in [0.05, 0.1) is 0 Å². The van der Waals surface area contributed by atoms with Crippen LogP contribution in [0.3, 0.4) is 0 Å². The van der Waals surface area contributed by atoms with Crippen LogP contribution >= 0.6 is 31.9 Å². The maximum atomic E-state index is 12.0. The molecule has 2 aromatic rings. The maximum Gasteiger partial charge on any atom is 0.242 e. The van der Waals surface area contributed by atoms with Crippen LogP contribution in [0.1, 0.15) is 10.4 Å². The van der Waals surface area contributed by atoms with Gasteiger partial charge in [0.15, 0.2) is 0 Å². The number of hydrogen-bond donors (Lipinski definition) is 1. The van der Waals surface area contributed by atoms with E-state index in [9.17, 15) is 4.79 Å². The van der Waals surface area contributed by atoms with Gasteiger partial charge in [0.2, 0.25) is 5.91 Å². The minimum Gasteiger partial charge on any atom is -0.325 e. The van der Waals surface area contributed by atoms with Gasteiger partial charge in [-0.1, -0.05) is 62.2 Å². The second-order valence-electron chi connectivity index (χ2n) is 3.77. The normalized spacial score (nSPS) is 11.9. The van der Waals surface area contributed by atoms with Crippen molar-refractivity contribution in [2.75, 3.05) is 5.32 Å². The van der Waals surface area contributed by atoms with E-state index in [2.05, 4.69) is 37.2 Å². The van der Waals surface area contributed by atoms with E-state index in [1.165, 1.54) is 0 Å². The molecule has 1 amide bonds. The molecule has 92 valence electrons. The van der Waals surface area contributed by atoms with Gasteiger partial charge in [-0.05, 0) is 29.8 Å². The lowest BCUT2D eigenvalue weighted by atomic mass is 10.1. The van der Waals surface area contributed by atoms with Crippen molar-refractivity contribution in [2.24, 2.45) is 0 Å². The third-order valence-corrected chi connectivity index (χ3v) is 3.91. The minimum absolute atomic E-state index is 0.0801. The summed E-state index contributed by atoms with van der Waals surface area (Å²) in [6, 6.07) is 17.1. The monoisotopic (exact) mass is 367 g/mol. The number of benzene rings is 2. The molecular weight excluding hydrogens is 358 g/mol. The minimum atomic E-state index is -0.345. The van der Waals surface area contributed by atoms with Crippen LogP contribution in [0.4, 0.5) is 5.69 Å². The van der Waals surface area contributed by atoms with E-state index < -0.39 is 0 Å². The lowest BCUT2D eigenvalue weighted by molar-refractivity contribution is -0.115. The standard InChI is InChI=1S/C14H11Br2NO/c15-11-6-8-12(9-7-11)17-14(18)13(16)10-4-2-1-3-5-10/h1-9,13H,(H,17,18). The van der Waals surface area contributed by atoms with Crippen molar-refractivity contribution >= 4 is 43.5 Å². The van der Waals surface area contributed by atoms with Gasteiger partial charge in [-0.3, -0.25) is 4.79 Å². The van der Waals surface area contributed by atoms with E-state index in [1.54, 1.807) is 0 Å². The Labute approximate surface area is 123 Å². The molecule has 1 atom stereocenters. The summed E-state index contributed by atoms with van der Waals surface area (Å²) in [6.07, 6.45) is 0. The number of nitrogens with one attached hydrogen (secondary N) is 1. The summed E-state index contributed by atoms with van der Waals surface area (Å²) in [7, 11) is 0. The molecule has 0 bridgehead atoms. The Balaban J connectivity index is 2.06. The van der Waals surface area contributed by atoms with Gasteiger partial charge in [-0.25, -0.2) is 0 Å². The van der Waals surface area contributed by atoms with Crippen molar-refractivity contribution in [3.8, 4) is 0 Å². The number of halogens is 2. The summed E-state index contributed by atoms with van der Waals surface area (Å²) < 4.78 is 0.985. The number of carbonyl (C=O) groups is 1. The number of hydrogen-bond acceptors (Lipinski definition) is 1. The van der Waals surface area contributed by atoms with Gasteiger partial charge < -0.3 is 5.32 Å². The highest BCUT2D eigenvalue weighted by Crippen LogP contribution is 2.24. The van der Waals surface area contributed by atoms with Crippen LogP contribution in [0.25, 0.3) is 0 Å². The average molecular weight is 369 g/mol. The second-order valence-corrected chi connectivity index (χ2v) is 5.60. The number of rotatable bonds is 3. The first kappa shape index (κ1) is 13.3. The van der Waals surface area contributed by atoms with Gasteiger partial charge in [0.25, 0.3) is 0 Å². The molecule has 0 aliphatic rings. The summed E-state index contributed by atoms with van der Waals surface area (Å²) in [6.45, 7) is 0. The largest absolute Gasteiger partial charge is 0.325 e. The van der Waals surface area contributed by atoms with Crippen molar-refractivity contribution in [1.29, 1.82) is 0 Å². The molecule has 0 radical (unpaired) electrons. The van der Waals surface area contributed by atoms with Crippen LogP contribution < -0.4 is 5.32 Å². The van der Waals surface area contributed by atoms with Gasteiger partial charge in [0.1, 0.15) is 4.83 Å². The fourth-order valence-electron chi connectivity index (χ4n) is 1.51. The first-order chi connectivity index (χ1) is 8.66. The molecule has 0 fully saturated rings. The van der Waals surface area contributed by atoms with E-state index in [0.717, 1.165) is 15.7 Å². The molecule has 0 aliphatic carbocycles. The predicted octanol–water partition coefficient (Wildman–Crippen LogP) is 4.52. The summed E-state index contributed by atoms with van der Waals surface area (Å²) in [5.41, 5.74) is 1.72. The molecule has 1 N–H and O–H groups in total. The Hall–Kier alpha value is -1.13. The first-order valence-corrected chi connectivity index (χ1v) is 7.13. The molecule has 4 heteroatoms. The molecule has 1 unspecified atom stereocenters. The Morgan fingerprint density at radius 3 is 2.22 bits per heavy atom. The lowest BCUT2D eigenvalue weighted by Crippen LogP contribution is -2.16. The summed E-state index contributed by atoms with van der Waals surface area (Å²) in [5.74, 6) is -0.0801. The third-order valence-electron chi connectivity index (χ3n) is 2.43. The van der Waals surface area contributed by atoms with Crippen LogP contribution in [0.15, 0.2) is 59.1 Å². The van der Waals surface area contributed by atoms with Crippen molar-refractivity contribution in [3.05, 3.63) is 64.6 Å². The number of carbonyl (C=O) groups excluding carboxylic acids is 1. The van der Waals surface area contributed by atoms with E-state index in [1.807, 2.05) is 54.6 Å². The molecule has 0 heterocycles. The smallest absolute Gasteiger partial charge is 0.242 e. The second kappa shape index (κ2) is 6.16. The molecular formula is C14H11Br2NO. The zero-order chi connectivity index (χ0) is 13.0. The Bertz CT molecular complexity index is 525. The van der Waals surface area contributed by atoms with Crippen molar-refractivity contribution in [1.82, 2.24) is 0 Å². The number of amides is 1. The summed E-state index contributed by atoms with van der Waals surface area (Å²) >= 11 is 6.76. The van der Waals surface area contributed by atoms with Crippen LogP contribution in [0.5, 0.6) is 0 Å². The van der Waals surface area contributed by atoms with Crippen LogP contribution in [0, 0.1) is 0 Å². The van der Waals surface area contributed by atoms with Crippen molar-refractivity contribution < 1.29 is 4.79 Å². The van der Waals surface area contributed by atoms with E-state index in [-0.39, 0.29) is 10.7 Å². The summed E-state index contributed by atoms with van der Waals surface area (Å²) in [4.78, 5) is 11.7. The molecule has 0 saturated carbocycles. The van der Waals surface area contributed by atoms with E-state index in [0.29, 0.717) is 0 Å². The molecule has 0 spiro atoms. The van der Waals surface area contributed by atoms with Crippen LogP contribution in [-0.2, 0) is 4.79 Å². The van der Waals surface area contributed by atoms with E-state index >= 15 is 0 Å². The van der Waals surface area contributed by atoms with Crippen molar-refractivity contribution in [3.63, 3.8) is 0 Å². The molecule has 0 saturated heterocycles. The highest BCUT2D eigenvalue weighted by molar-refractivity contribution is 9.10. The maximum absolute atomic E-state index is 12.0. The number of anilines is 1. The Morgan fingerprint density at radius 2 is 1.61 bits per heavy atom. The SMILES string of the molecule is O=C(Nc1ccc(Br)cc1)C(Br)c1ccccc1. The fraction of sp³-hybridized carbons (Fsp3) is 0.0714. The Morgan fingerprint density at radius 1 is 1.00 bits per heavy atom. The third kappa shape index (κ3) is 3.43. The molecule has 0 aromatic heterocycles. The van der Waals surface area contributed by atoms with Gasteiger partial charge >= 0.3 is 0 Å². The molecule has 0 aliphatic heterocycles. The number of alkyl halides is 1. The average Bonchev–Trinajstić information content (AvgIpc) is 2.41. The van der Waals surface area contributed by atoms with E-state index in [4.69, 9.17) is 0 Å². The van der Waals surface area contributed by atoms with Crippen molar-refractivity contribution in [2.45, 2.75) is 4.83 Å². The lowest BCUT2D eigenvalue weighted by Gasteiger charge is -2.11. The zero-order valence-electron chi connectivity index (χ0n) is 9.44. The highest BCUT2D eigenvalue weighted by atomic mass is 79.9. The van der Waals surface area contributed by atoms with Crippen LogP contribution in [0.2, 0.25) is 0 Å². The van der Waals surface area contributed by atoms with Crippen LogP contribution in [-0.4, -0.2) is 5.91 Å². The zero-order valence-corrected chi connectivity index (χ0v) is 12.6. The van der Waals surface area contributed by atoms with Gasteiger partial charge in [-0.2, -0.15) is 0 Å². The van der Waals surface area contributed by atoms with Gasteiger partial charge in [-0.15, -0.1) is 0 Å². The molecule has 2 aromatic carbocycles. The fourth-order valence-corrected chi connectivity index (χ4v) is 2.20. The molecule has 2 nitrogen and oxygen atoms in total. The molecule has 18 heavy (non-hydrogen) atoms. The summed E-state index contributed by atoms with van der Waals surface area (Å²) in [5, 5.41) is 2.86.